The number of nitrogens with one attached hydrogen (secondary N) is 1. The largest absolute Gasteiger partial charge is 0.389 e. The summed E-state index contributed by atoms with van der Waals surface area (Å²) in [4.78, 5) is 4.49. The van der Waals surface area contributed by atoms with E-state index in [1.165, 1.54) is 0 Å². The van der Waals surface area contributed by atoms with E-state index in [0.29, 0.717) is 6.04 Å². The molecule has 2 N–H and O–H groups in total. The fraction of sp³-hybridized carbons (Fsp3) is 0.917. The summed E-state index contributed by atoms with van der Waals surface area (Å²) in [5, 5.41) is 13.9. The van der Waals surface area contributed by atoms with E-state index in [1.54, 1.807) is 0 Å². The molecule has 100 valence electrons. The minimum atomic E-state index is -0.612. The lowest BCUT2D eigenvalue weighted by molar-refractivity contribution is 0.0250. The van der Waals surface area contributed by atoms with Gasteiger partial charge in [0.05, 0.1) is 5.60 Å². The van der Waals surface area contributed by atoms with Gasteiger partial charge in [-0.2, -0.15) is 0 Å². The van der Waals surface area contributed by atoms with Crippen molar-refractivity contribution >= 4 is 17.3 Å². The molecule has 0 atom stereocenters. The summed E-state index contributed by atoms with van der Waals surface area (Å²) in [6, 6.07) is 0.386. The van der Waals surface area contributed by atoms with Crippen molar-refractivity contribution in [2.75, 3.05) is 32.7 Å². The molecule has 0 spiro atoms. The van der Waals surface area contributed by atoms with Crippen molar-refractivity contribution in [3.05, 3.63) is 0 Å². The highest BCUT2D eigenvalue weighted by Crippen LogP contribution is 2.08. The Kier molecular flexibility index (Phi) is 5.16. The van der Waals surface area contributed by atoms with Crippen LogP contribution in [-0.2, 0) is 0 Å². The minimum absolute atomic E-state index is 0.386. The zero-order chi connectivity index (χ0) is 13.1. The lowest BCUT2D eigenvalue weighted by Crippen LogP contribution is -2.54. The molecule has 0 aliphatic carbocycles. The van der Waals surface area contributed by atoms with Crippen molar-refractivity contribution in [3.8, 4) is 0 Å². The Bertz CT molecular complexity index is 255. The molecule has 1 aliphatic rings. The standard InChI is InChI=1S/C12H25N3OS/c1-10(2)13-11(17)15-7-5-14(6-8-15)9-12(3,4)16/h10,16H,5-9H2,1-4H3,(H,13,17). The van der Waals surface area contributed by atoms with Gasteiger partial charge in [0.2, 0.25) is 0 Å². The molecule has 5 heteroatoms. The van der Waals surface area contributed by atoms with Gasteiger partial charge >= 0.3 is 0 Å². The van der Waals surface area contributed by atoms with Crippen LogP contribution in [-0.4, -0.2) is 64.4 Å². The van der Waals surface area contributed by atoms with Gasteiger partial charge in [-0.15, -0.1) is 0 Å². The number of hydrogen-bond donors (Lipinski definition) is 2. The molecule has 0 aromatic heterocycles. The van der Waals surface area contributed by atoms with E-state index in [-0.39, 0.29) is 0 Å². The SMILES string of the molecule is CC(C)NC(=S)N1CCN(CC(C)(C)O)CC1. The molecule has 0 aromatic rings. The Morgan fingerprint density at radius 1 is 1.29 bits per heavy atom. The van der Waals surface area contributed by atoms with Gasteiger partial charge in [0.15, 0.2) is 5.11 Å². The number of hydrogen-bond acceptors (Lipinski definition) is 3. The topological polar surface area (TPSA) is 38.7 Å². The van der Waals surface area contributed by atoms with Crippen LogP contribution in [0.1, 0.15) is 27.7 Å². The predicted octanol–water partition coefficient (Wildman–Crippen LogP) is 0.658. The van der Waals surface area contributed by atoms with Gasteiger partial charge in [-0.3, -0.25) is 4.90 Å². The van der Waals surface area contributed by atoms with E-state index in [4.69, 9.17) is 12.2 Å². The normalized spacial score (nSPS) is 18.6. The molecule has 1 rings (SSSR count). The molecule has 0 amide bonds. The molecule has 0 bridgehead atoms. The molecule has 1 saturated heterocycles. The average Bonchev–Trinajstić information content (AvgIpc) is 2.15. The Morgan fingerprint density at radius 3 is 2.24 bits per heavy atom. The summed E-state index contributed by atoms with van der Waals surface area (Å²) < 4.78 is 0. The fourth-order valence-electron chi connectivity index (χ4n) is 1.99. The Balaban J connectivity index is 2.33. The highest BCUT2D eigenvalue weighted by Gasteiger charge is 2.23. The van der Waals surface area contributed by atoms with Crippen LogP contribution in [0.2, 0.25) is 0 Å². The smallest absolute Gasteiger partial charge is 0.169 e. The molecule has 17 heavy (non-hydrogen) atoms. The third-order valence-electron chi connectivity index (χ3n) is 2.68. The minimum Gasteiger partial charge on any atom is -0.389 e. The highest BCUT2D eigenvalue weighted by atomic mass is 32.1. The number of β-amino-alcohol motifs (C(OH)–C–C–N with tert-alkyl or cyclic N) is 1. The highest BCUT2D eigenvalue weighted by molar-refractivity contribution is 7.80. The van der Waals surface area contributed by atoms with Crippen LogP contribution in [0.15, 0.2) is 0 Å². The van der Waals surface area contributed by atoms with Crippen molar-refractivity contribution in [2.24, 2.45) is 0 Å². The molecule has 0 radical (unpaired) electrons. The van der Waals surface area contributed by atoms with Crippen molar-refractivity contribution in [1.82, 2.24) is 15.1 Å². The molecule has 1 fully saturated rings. The van der Waals surface area contributed by atoms with E-state index in [1.807, 2.05) is 13.8 Å². The maximum atomic E-state index is 9.77. The molecule has 0 unspecified atom stereocenters. The second kappa shape index (κ2) is 5.98. The number of aliphatic hydroxyl groups is 1. The fourth-order valence-corrected chi connectivity index (χ4v) is 2.41. The molecule has 0 saturated carbocycles. The van der Waals surface area contributed by atoms with Crippen molar-refractivity contribution in [3.63, 3.8) is 0 Å². The van der Waals surface area contributed by atoms with Crippen LogP contribution in [0.5, 0.6) is 0 Å². The zero-order valence-electron chi connectivity index (χ0n) is 11.4. The van der Waals surface area contributed by atoms with E-state index >= 15 is 0 Å². The molecule has 1 aliphatic heterocycles. The lowest BCUT2D eigenvalue weighted by Gasteiger charge is -2.38. The summed E-state index contributed by atoms with van der Waals surface area (Å²) in [5.41, 5.74) is -0.612. The van der Waals surface area contributed by atoms with Crippen LogP contribution >= 0.6 is 12.2 Å². The first-order valence-corrected chi connectivity index (χ1v) is 6.69. The zero-order valence-corrected chi connectivity index (χ0v) is 12.2. The van der Waals surface area contributed by atoms with E-state index in [2.05, 4.69) is 29.0 Å². The van der Waals surface area contributed by atoms with Gasteiger partial charge < -0.3 is 15.3 Å². The third-order valence-corrected chi connectivity index (χ3v) is 3.06. The number of piperazine rings is 1. The Hall–Kier alpha value is -0.390. The van der Waals surface area contributed by atoms with Gasteiger partial charge in [-0.25, -0.2) is 0 Å². The maximum absolute atomic E-state index is 9.77. The van der Waals surface area contributed by atoms with Gasteiger partial charge in [0.1, 0.15) is 0 Å². The van der Waals surface area contributed by atoms with Crippen LogP contribution in [0.3, 0.4) is 0 Å². The van der Waals surface area contributed by atoms with E-state index < -0.39 is 5.60 Å². The van der Waals surface area contributed by atoms with Crippen molar-refractivity contribution in [1.29, 1.82) is 0 Å². The van der Waals surface area contributed by atoms with Crippen LogP contribution in [0.4, 0.5) is 0 Å². The first kappa shape index (κ1) is 14.7. The van der Waals surface area contributed by atoms with Gasteiger partial charge in [-0.05, 0) is 39.9 Å². The second-order valence-corrected chi connectivity index (χ2v) is 6.07. The number of rotatable bonds is 3. The molecular formula is C12H25N3OS. The summed E-state index contributed by atoms with van der Waals surface area (Å²) in [6.45, 7) is 12.4. The maximum Gasteiger partial charge on any atom is 0.169 e. The summed E-state index contributed by atoms with van der Waals surface area (Å²) in [7, 11) is 0. The monoisotopic (exact) mass is 259 g/mol. The molecular weight excluding hydrogens is 234 g/mol. The summed E-state index contributed by atoms with van der Waals surface area (Å²) >= 11 is 5.35. The van der Waals surface area contributed by atoms with Crippen LogP contribution in [0, 0.1) is 0 Å². The number of nitrogens with zero attached hydrogens (tertiary/aromatic N) is 2. The Labute approximate surface area is 110 Å². The van der Waals surface area contributed by atoms with Gasteiger partial charge in [0.25, 0.3) is 0 Å². The van der Waals surface area contributed by atoms with Crippen molar-refractivity contribution < 1.29 is 5.11 Å². The molecule has 1 heterocycles. The summed E-state index contributed by atoms with van der Waals surface area (Å²) in [6.07, 6.45) is 0. The van der Waals surface area contributed by atoms with E-state index in [9.17, 15) is 5.11 Å². The van der Waals surface area contributed by atoms with Gasteiger partial charge in [-0.1, -0.05) is 0 Å². The molecule has 4 nitrogen and oxygen atoms in total. The Morgan fingerprint density at radius 2 is 1.82 bits per heavy atom. The summed E-state index contributed by atoms with van der Waals surface area (Å²) in [5.74, 6) is 0. The first-order valence-electron chi connectivity index (χ1n) is 6.28. The molecule has 0 aromatic carbocycles. The van der Waals surface area contributed by atoms with Gasteiger partial charge in [0, 0.05) is 38.8 Å². The quantitative estimate of drug-likeness (QED) is 0.729. The predicted molar refractivity (Wildman–Crippen MR) is 75.2 cm³/mol. The first-order chi connectivity index (χ1) is 7.78. The second-order valence-electron chi connectivity index (χ2n) is 5.68. The average molecular weight is 259 g/mol. The van der Waals surface area contributed by atoms with Crippen molar-refractivity contribution in [2.45, 2.75) is 39.3 Å². The number of thiocarbonyl (C=S) groups is 1. The lowest BCUT2D eigenvalue weighted by atomic mass is 10.1. The van der Waals surface area contributed by atoms with Crippen LogP contribution in [0.25, 0.3) is 0 Å². The third kappa shape index (κ3) is 5.66. The van der Waals surface area contributed by atoms with Crippen LogP contribution < -0.4 is 5.32 Å². The van der Waals surface area contributed by atoms with E-state index in [0.717, 1.165) is 37.8 Å².